The lowest BCUT2D eigenvalue weighted by molar-refractivity contribution is 0.689. The van der Waals surface area contributed by atoms with Crippen molar-refractivity contribution in [2.45, 2.75) is 11.8 Å². The summed E-state index contributed by atoms with van der Waals surface area (Å²) in [7, 11) is -1.04. The van der Waals surface area contributed by atoms with E-state index in [0.29, 0.717) is 0 Å². The summed E-state index contributed by atoms with van der Waals surface area (Å²) in [4.78, 5) is 1.84. The Morgan fingerprint density at radius 2 is 1.65 bits per heavy atom. The number of aryl methyl sites for hydroxylation is 1. The fraction of sp³-hybridized carbons (Fsp3) is 0.0667. The standard InChI is InChI=1S/C15H12OS/c1-11-6-2-4-8-13(11)15-10-12-7-3-5-9-14(12)17(15)16/h2-10H,1H3. The molecule has 0 fully saturated rings. The Morgan fingerprint density at radius 1 is 0.941 bits per heavy atom. The van der Waals surface area contributed by atoms with Crippen LogP contribution in [0.3, 0.4) is 0 Å². The molecule has 17 heavy (non-hydrogen) atoms. The van der Waals surface area contributed by atoms with E-state index in [4.69, 9.17) is 0 Å². The first-order valence-electron chi connectivity index (χ1n) is 5.56. The van der Waals surface area contributed by atoms with E-state index in [1.807, 2.05) is 48.5 Å². The van der Waals surface area contributed by atoms with Crippen molar-refractivity contribution in [2.24, 2.45) is 0 Å². The Balaban J connectivity index is 2.16. The molecule has 0 amide bonds. The molecular formula is C15H12OS. The van der Waals surface area contributed by atoms with Gasteiger partial charge < -0.3 is 0 Å². The third-order valence-corrected chi connectivity index (χ3v) is 4.52. The van der Waals surface area contributed by atoms with Crippen molar-refractivity contribution < 1.29 is 4.21 Å². The number of hydrogen-bond donors (Lipinski definition) is 0. The lowest BCUT2D eigenvalue weighted by atomic mass is 10.1. The van der Waals surface area contributed by atoms with E-state index in [1.165, 1.54) is 5.56 Å². The first-order chi connectivity index (χ1) is 8.27. The van der Waals surface area contributed by atoms with Crippen LogP contribution in [0.15, 0.2) is 53.4 Å². The fourth-order valence-corrected chi connectivity index (χ4v) is 3.55. The molecule has 1 nitrogen and oxygen atoms in total. The van der Waals surface area contributed by atoms with Crippen LogP contribution in [0.5, 0.6) is 0 Å². The highest BCUT2D eigenvalue weighted by atomic mass is 32.2. The van der Waals surface area contributed by atoms with Gasteiger partial charge in [0.2, 0.25) is 0 Å². The normalized spacial score (nSPS) is 17.7. The van der Waals surface area contributed by atoms with Crippen molar-refractivity contribution in [1.82, 2.24) is 0 Å². The Kier molecular flexibility index (Phi) is 2.45. The van der Waals surface area contributed by atoms with Crippen molar-refractivity contribution in [3.63, 3.8) is 0 Å². The van der Waals surface area contributed by atoms with Gasteiger partial charge in [0, 0.05) is 0 Å². The summed E-state index contributed by atoms with van der Waals surface area (Å²) in [6.45, 7) is 2.05. The molecule has 0 bridgehead atoms. The summed E-state index contributed by atoms with van der Waals surface area (Å²) in [5, 5.41) is 0. The second-order valence-electron chi connectivity index (χ2n) is 4.13. The minimum atomic E-state index is -1.04. The second-order valence-corrected chi connectivity index (χ2v) is 5.55. The molecule has 1 aliphatic heterocycles. The molecule has 0 aliphatic carbocycles. The zero-order valence-corrected chi connectivity index (χ0v) is 10.3. The summed E-state index contributed by atoms with van der Waals surface area (Å²) >= 11 is 0. The van der Waals surface area contributed by atoms with Gasteiger partial charge in [-0.1, -0.05) is 42.5 Å². The van der Waals surface area contributed by atoms with Crippen molar-refractivity contribution in [1.29, 1.82) is 0 Å². The van der Waals surface area contributed by atoms with Gasteiger partial charge in [-0.2, -0.15) is 0 Å². The van der Waals surface area contributed by atoms with Crippen LogP contribution < -0.4 is 0 Å². The van der Waals surface area contributed by atoms with Crippen LogP contribution in [0.2, 0.25) is 0 Å². The topological polar surface area (TPSA) is 17.1 Å². The van der Waals surface area contributed by atoms with Crippen LogP contribution in [0, 0.1) is 6.92 Å². The molecule has 2 aromatic rings. The molecule has 84 valence electrons. The summed E-state index contributed by atoms with van der Waals surface area (Å²) in [6.07, 6.45) is 2.04. The summed E-state index contributed by atoms with van der Waals surface area (Å²) < 4.78 is 12.4. The molecule has 1 aliphatic rings. The van der Waals surface area contributed by atoms with Crippen molar-refractivity contribution >= 4 is 21.8 Å². The Bertz CT molecular complexity index is 641. The number of fused-ring (bicyclic) bond motifs is 1. The highest BCUT2D eigenvalue weighted by Gasteiger charge is 2.22. The van der Waals surface area contributed by atoms with Crippen LogP contribution in [-0.2, 0) is 10.8 Å². The molecule has 1 atom stereocenters. The average Bonchev–Trinajstić information content (AvgIpc) is 2.68. The number of rotatable bonds is 1. The monoisotopic (exact) mass is 240 g/mol. The molecule has 1 unspecified atom stereocenters. The molecule has 0 spiro atoms. The van der Waals surface area contributed by atoms with Gasteiger partial charge in [0.05, 0.1) is 20.6 Å². The van der Waals surface area contributed by atoms with E-state index < -0.39 is 10.8 Å². The molecule has 2 heteroatoms. The highest BCUT2D eigenvalue weighted by Crippen LogP contribution is 2.36. The Morgan fingerprint density at radius 3 is 2.41 bits per heavy atom. The zero-order chi connectivity index (χ0) is 11.8. The van der Waals surface area contributed by atoms with E-state index in [1.54, 1.807) is 0 Å². The fourth-order valence-electron chi connectivity index (χ4n) is 2.11. The van der Waals surface area contributed by atoms with E-state index in [-0.39, 0.29) is 0 Å². The van der Waals surface area contributed by atoms with Gasteiger partial charge in [-0.3, -0.25) is 0 Å². The van der Waals surface area contributed by atoms with Crippen molar-refractivity contribution in [3.8, 4) is 0 Å². The van der Waals surface area contributed by atoms with Crippen LogP contribution in [0.1, 0.15) is 16.7 Å². The van der Waals surface area contributed by atoms with Gasteiger partial charge in [-0.25, -0.2) is 4.21 Å². The maximum Gasteiger partial charge on any atom is 0.0862 e. The van der Waals surface area contributed by atoms with Crippen molar-refractivity contribution in [3.05, 3.63) is 65.2 Å². The van der Waals surface area contributed by atoms with E-state index in [9.17, 15) is 4.21 Å². The van der Waals surface area contributed by atoms with Crippen LogP contribution in [0.4, 0.5) is 0 Å². The van der Waals surface area contributed by atoms with Gasteiger partial charge >= 0.3 is 0 Å². The predicted molar refractivity (Wildman–Crippen MR) is 71.9 cm³/mol. The zero-order valence-electron chi connectivity index (χ0n) is 9.51. The van der Waals surface area contributed by atoms with Crippen LogP contribution in [-0.4, -0.2) is 4.21 Å². The summed E-state index contributed by atoms with van der Waals surface area (Å²) in [6, 6.07) is 15.9. The molecule has 3 rings (SSSR count). The van der Waals surface area contributed by atoms with Gasteiger partial charge in [0.25, 0.3) is 0 Å². The smallest absolute Gasteiger partial charge is 0.0862 e. The Hall–Kier alpha value is -1.67. The van der Waals surface area contributed by atoms with Gasteiger partial charge in [0.1, 0.15) is 0 Å². The van der Waals surface area contributed by atoms with E-state index in [0.717, 1.165) is 20.9 Å². The lowest BCUT2D eigenvalue weighted by Gasteiger charge is -2.05. The molecule has 0 N–H and O–H groups in total. The number of hydrogen-bond acceptors (Lipinski definition) is 1. The number of benzene rings is 2. The molecular weight excluding hydrogens is 228 g/mol. The summed E-state index contributed by atoms with van der Waals surface area (Å²) in [5.41, 5.74) is 3.33. The van der Waals surface area contributed by atoms with Crippen LogP contribution >= 0.6 is 0 Å². The van der Waals surface area contributed by atoms with Crippen LogP contribution in [0.25, 0.3) is 11.0 Å². The first-order valence-corrected chi connectivity index (χ1v) is 6.71. The molecule has 0 saturated heterocycles. The highest BCUT2D eigenvalue weighted by molar-refractivity contribution is 7.95. The maximum absolute atomic E-state index is 12.4. The minimum absolute atomic E-state index is 0.921. The third-order valence-electron chi connectivity index (χ3n) is 3.02. The van der Waals surface area contributed by atoms with E-state index >= 15 is 0 Å². The quantitative estimate of drug-likeness (QED) is 0.744. The van der Waals surface area contributed by atoms with Crippen molar-refractivity contribution in [2.75, 3.05) is 0 Å². The van der Waals surface area contributed by atoms with Gasteiger partial charge in [-0.15, -0.1) is 0 Å². The minimum Gasteiger partial charge on any atom is -0.249 e. The maximum atomic E-state index is 12.4. The lowest BCUT2D eigenvalue weighted by Crippen LogP contribution is -1.93. The molecule has 0 aromatic heterocycles. The molecule has 1 heterocycles. The van der Waals surface area contributed by atoms with Gasteiger partial charge in [-0.05, 0) is 35.8 Å². The third kappa shape index (κ3) is 1.65. The predicted octanol–water partition coefficient (Wildman–Crippen LogP) is 3.61. The Labute approximate surface area is 103 Å². The van der Waals surface area contributed by atoms with E-state index in [2.05, 4.69) is 13.0 Å². The summed E-state index contributed by atoms with van der Waals surface area (Å²) in [5.74, 6) is 0. The molecule has 0 radical (unpaired) electrons. The average molecular weight is 240 g/mol. The first kappa shape index (κ1) is 10.5. The van der Waals surface area contributed by atoms with Gasteiger partial charge in [0.15, 0.2) is 0 Å². The SMILES string of the molecule is Cc1ccccc1C1=Cc2ccccc2S1=O. The molecule has 2 aromatic carbocycles. The largest absolute Gasteiger partial charge is 0.249 e. The second kappa shape index (κ2) is 3.97. The molecule has 0 saturated carbocycles.